The van der Waals surface area contributed by atoms with Crippen LogP contribution in [0.25, 0.3) is 0 Å². The molecule has 17 heavy (non-hydrogen) atoms. The molecule has 0 unspecified atom stereocenters. The number of H-pyrrole nitrogens is 2. The molecule has 2 N–H and O–H groups in total. The molecule has 0 fully saturated rings. The number of hydrogen-bond acceptors (Lipinski definition) is 3. The van der Waals surface area contributed by atoms with E-state index < -0.39 is 17.1 Å². The molecule has 0 saturated carbocycles. The van der Waals surface area contributed by atoms with Crippen LogP contribution in [-0.4, -0.2) is 9.97 Å². The van der Waals surface area contributed by atoms with Crippen molar-refractivity contribution in [3.8, 4) is 5.88 Å². The Bertz CT molecular complexity index is 604. The summed E-state index contributed by atoms with van der Waals surface area (Å²) >= 11 is 0. The predicted octanol–water partition coefficient (Wildman–Crippen LogP) is -3.27. The SMILES string of the molecule is O=c1[nH]c([O-])c(Cc2ccccc2)c(=O)[nH]1.[Na+]. The van der Waals surface area contributed by atoms with Crippen LogP contribution in [0.3, 0.4) is 0 Å². The van der Waals surface area contributed by atoms with Crippen molar-refractivity contribution in [2.75, 3.05) is 0 Å². The summed E-state index contributed by atoms with van der Waals surface area (Å²) in [5.74, 6) is -0.627. The minimum Gasteiger partial charge on any atom is -0.860 e. The molecule has 0 aliphatic rings. The van der Waals surface area contributed by atoms with Crippen molar-refractivity contribution in [1.82, 2.24) is 9.97 Å². The predicted molar refractivity (Wildman–Crippen MR) is 56.4 cm³/mol. The third kappa shape index (κ3) is 3.33. The maximum atomic E-state index is 11.4. The third-order valence-electron chi connectivity index (χ3n) is 2.23. The molecule has 1 aromatic heterocycles. The Hall–Kier alpha value is -1.30. The van der Waals surface area contributed by atoms with Gasteiger partial charge in [0.2, 0.25) is 0 Å². The van der Waals surface area contributed by atoms with Crippen LogP contribution < -0.4 is 45.9 Å². The number of benzene rings is 1. The number of rotatable bonds is 2. The van der Waals surface area contributed by atoms with E-state index in [2.05, 4.69) is 0 Å². The van der Waals surface area contributed by atoms with Crippen LogP contribution in [0.5, 0.6) is 5.88 Å². The fraction of sp³-hybridized carbons (Fsp3) is 0.0909. The molecule has 0 spiro atoms. The summed E-state index contributed by atoms with van der Waals surface area (Å²) in [4.78, 5) is 26.3. The fourth-order valence-electron chi connectivity index (χ4n) is 1.45. The molecule has 0 saturated heterocycles. The molecule has 1 aromatic carbocycles. The average Bonchev–Trinajstić information content (AvgIpc) is 2.25. The van der Waals surface area contributed by atoms with E-state index in [4.69, 9.17) is 0 Å². The van der Waals surface area contributed by atoms with E-state index in [1.54, 1.807) is 0 Å². The zero-order valence-electron chi connectivity index (χ0n) is 9.32. The minimum atomic E-state index is -0.771. The molecule has 6 heteroatoms. The summed E-state index contributed by atoms with van der Waals surface area (Å²) in [6.07, 6.45) is 0.214. The van der Waals surface area contributed by atoms with E-state index in [0.29, 0.717) is 0 Å². The minimum absolute atomic E-state index is 0. The first-order valence-electron chi connectivity index (χ1n) is 4.73. The molecule has 82 valence electrons. The summed E-state index contributed by atoms with van der Waals surface area (Å²) in [6.45, 7) is 0. The Morgan fingerprint density at radius 1 is 1.06 bits per heavy atom. The molecule has 0 atom stereocenters. The molecule has 2 rings (SSSR count). The van der Waals surface area contributed by atoms with Gasteiger partial charge in [-0.3, -0.25) is 9.78 Å². The quantitative estimate of drug-likeness (QED) is 0.540. The molecule has 0 aliphatic carbocycles. The Labute approximate surface area is 119 Å². The van der Waals surface area contributed by atoms with Crippen molar-refractivity contribution >= 4 is 0 Å². The van der Waals surface area contributed by atoms with Crippen molar-refractivity contribution in [3.63, 3.8) is 0 Å². The van der Waals surface area contributed by atoms with Gasteiger partial charge < -0.3 is 10.1 Å². The summed E-state index contributed by atoms with van der Waals surface area (Å²) < 4.78 is 0. The Morgan fingerprint density at radius 3 is 2.29 bits per heavy atom. The Balaban J connectivity index is 0.00000144. The first-order valence-corrected chi connectivity index (χ1v) is 4.73. The second-order valence-corrected chi connectivity index (χ2v) is 3.38. The van der Waals surface area contributed by atoms with Gasteiger partial charge >= 0.3 is 35.2 Å². The monoisotopic (exact) mass is 240 g/mol. The zero-order chi connectivity index (χ0) is 11.5. The maximum Gasteiger partial charge on any atom is 1.00 e. The van der Waals surface area contributed by atoms with Gasteiger partial charge in [-0.15, -0.1) is 0 Å². The van der Waals surface area contributed by atoms with E-state index in [9.17, 15) is 14.7 Å². The molecule has 0 radical (unpaired) electrons. The number of hydrogen-bond donors (Lipinski definition) is 2. The van der Waals surface area contributed by atoms with Gasteiger partial charge in [0.05, 0.1) is 0 Å². The molecule has 2 aromatic rings. The summed E-state index contributed by atoms with van der Waals surface area (Å²) in [7, 11) is 0. The smallest absolute Gasteiger partial charge is 0.860 e. The van der Waals surface area contributed by atoms with E-state index in [-0.39, 0.29) is 41.5 Å². The molecule has 5 nitrogen and oxygen atoms in total. The first-order chi connectivity index (χ1) is 7.66. The van der Waals surface area contributed by atoms with E-state index >= 15 is 0 Å². The normalized spacial score (nSPS) is 9.65. The second-order valence-electron chi connectivity index (χ2n) is 3.38. The van der Waals surface area contributed by atoms with Crippen LogP contribution in [0.4, 0.5) is 0 Å². The van der Waals surface area contributed by atoms with Crippen molar-refractivity contribution in [3.05, 3.63) is 62.3 Å². The van der Waals surface area contributed by atoms with Crippen molar-refractivity contribution < 1.29 is 34.7 Å². The molecule has 0 bridgehead atoms. The van der Waals surface area contributed by atoms with Gasteiger partial charge in [-0.25, -0.2) is 4.79 Å². The van der Waals surface area contributed by atoms with E-state index in [1.807, 2.05) is 40.3 Å². The maximum absolute atomic E-state index is 11.4. The number of aromatic nitrogens is 2. The van der Waals surface area contributed by atoms with Crippen LogP contribution in [0.2, 0.25) is 0 Å². The van der Waals surface area contributed by atoms with Crippen molar-refractivity contribution in [2.24, 2.45) is 0 Å². The molecule has 0 amide bonds. The molecular weight excluding hydrogens is 231 g/mol. The van der Waals surface area contributed by atoms with Crippen LogP contribution in [0.1, 0.15) is 11.1 Å². The Morgan fingerprint density at radius 2 is 1.71 bits per heavy atom. The van der Waals surface area contributed by atoms with Gasteiger partial charge in [-0.2, -0.15) is 0 Å². The number of aromatic amines is 2. The summed E-state index contributed by atoms with van der Waals surface area (Å²) in [5.41, 5.74) is -0.507. The van der Waals surface area contributed by atoms with Crippen molar-refractivity contribution in [2.45, 2.75) is 6.42 Å². The van der Waals surface area contributed by atoms with Crippen LogP contribution in [0, 0.1) is 0 Å². The van der Waals surface area contributed by atoms with Crippen LogP contribution in [0.15, 0.2) is 39.9 Å². The van der Waals surface area contributed by atoms with E-state index in [0.717, 1.165) is 5.56 Å². The third-order valence-corrected chi connectivity index (χ3v) is 2.23. The topological polar surface area (TPSA) is 88.8 Å². The standard InChI is InChI=1S/C11H10N2O3.Na/c14-9-8(10(15)13-11(16)12-9)6-7-4-2-1-3-5-7;/h1-5H,6H2,(H3,12,13,14,15,16);/q;+1/p-1. The van der Waals surface area contributed by atoms with Crippen LogP contribution >= 0.6 is 0 Å². The van der Waals surface area contributed by atoms with Gasteiger partial charge in [-0.1, -0.05) is 30.3 Å². The van der Waals surface area contributed by atoms with Crippen molar-refractivity contribution in [1.29, 1.82) is 0 Å². The largest absolute Gasteiger partial charge is 1.00 e. The van der Waals surface area contributed by atoms with Gasteiger partial charge in [0.1, 0.15) is 0 Å². The van der Waals surface area contributed by atoms with E-state index in [1.165, 1.54) is 0 Å². The van der Waals surface area contributed by atoms with Gasteiger partial charge in [0.15, 0.2) is 0 Å². The van der Waals surface area contributed by atoms with Crippen LogP contribution in [-0.2, 0) is 6.42 Å². The second kappa shape index (κ2) is 5.86. The molecular formula is C11H9N2NaO3. The van der Waals surface area contributed by atoms with Gasteiger partial charge in [0.25, 0.3) is 5.56 Å². The van der Waals surface area contributed by atoms with Gasteiger partial charge in [0, 0.05) is 12.0 Å². The Kier molecular flexibility index (Phi) is 4.74. The van der Waals surface area contributed by atoms with Gasteiger partial charge in [-0.05, 0) is 11.4 Å². The molecule has 1 heterocycles. The first kappa shape index (κ1) is 13.8. The fourth-order valence-corrected chi connectivity index (χ4v) is 1.45. The number of nitrogens with one attached hydrogen (secondary N) is 2. The summed E-state index contributed by atoms with van der Waals surface area (Å²) in [6, 6.07) is 9.10. The summed E-state index contributed by atoms with van der Waals surface area (Å²) in [5, 5.41) is 11.4. The molecule has 0 aliphatic heterocycles. The zero-order valence-corrected chi connectivity index (χ0v) is 11.3. The average molecular weight is 240 g/mol.